The van der Waals surface area contributed by atoms with Crippen LogP contribution in [0.3, 0.4) is 0 Å². The molecular weight excluding hydrogens is 410 g/mol. The van der Waals surface area contributed by atoms with Gasteiger partial charge < -0.3 is 14.6 Å². The lowest BCUT2D eigenvalue weighted by atomic mass is 9.59. The molecule has 1 fully saturated rings. The molecule has 1 aliphatic carbocycles. The summed E-state index contributed by atoms with van der Waals surface area (Å²) in [4.78, 5) is 24.6. The van der Waals surface area contributed by atoms with E-state index in [1.807, 2.05) is 25.1 Å². The number of hydrogen-bond acceptors (Lipinski definition) is 6. The Labute approximate surface area is 191 Å². The molecule has 32 heavy (non-hydrogen) atoms. The quantitative estimate of drug-likeness (QED) is 0.277. The Kier molecular flexibility index (Phi) is 10.3. The molecule has 0 radical (unpaired) electrons. The first kappa shape index (κ1) is 26.4. The van der Waals surface area contributed by atoms with Gasteiger partial charge >= 0.3 is 0 Å². The molecular formula is C25H39NO6. The first-order valence-electron chi connectivity index (χ1n) is 11.8. The first-order valence-corrected chi connectivity index (χ1v) is 11.8. The van der Waals surface area contributed by atoms with Crippen LogP contribution in [0.5, 0.6) is 0 Å². The minimum atomic E-state index is -1.63. The van der Waals surface area contributed by atoms with Crippen LogP contribution in [-0.2, 0) is 19.7 Å². The van der Waals surface area contributed by atoms with E-state index in [9.17, 15) is 20.0 Å². The minimum Gasteiger partial charge on any atom is -0.379 e. The highest BCUT2D eigenvalue weighted by molar-refractivity contribution is 5.86. The van der Waals surface area contributed by atoms with Crippen molar-refractivity contribution in [1.29, 1.82) is 0 Å². The maximum absolute atomic E-state index is 13.4. The van der Waals surface area contributed by atoms with E-state index in [0.29, 0.717) is 32.2 Å². The van der Waals surface area contributed by atoms with Gasteiger partial charge in [-0.1, -0.05) is 57.5 Å². The summed E-state index contributed by atoms with van der Waals surface area (Å²) in [6.45, 7) is 9.67. The van der Waals surface area contributed by atoms with Crippen LogP contribution in [0, 0.1) is 27.9 Å². The van der Waals surface area contributed by atoms with Crippen molar-refractivity contribution >= 4 is 5.78 Å². The molecule has 180 valence electrons. The first-order chi connectivity index (χ1) is 15.2. The molecule has 0 unspecified atom stereocenters. The van der Waals surface area contributed by atoms with Crippen LogP contribution in [0.2, 0.25) is 0 Å². The normalized spacial score (nSPS) is 23.5. The van der Waals surface area contributed by atoms with Crippen molar-refractivity contribution in [2.45, 2.75) is 70.9 Å². The van der Waals surface area contributed by atoms with Gasteiger partial charge in [0.25, 0.3) is 0 Å². The molecule has 2 rings (SSSR count). The molecule has 0 aromatic heterocycles. The highest BCUT2D eigenvalue weighted by atomic mass is 16.6. The molecule has 1 aromatic rings. The highest BCUT2D eigenvalue weighted by Gasteiger charge is 2.47. The predicted octanol–water partition coefficient (Wildman–Crippen LogP) is 4.04. The monoisotopic (exact) mass is 449 g/mol. The van der Waals surface area contributed by atoms with Gasteiger partial charge in [0, 0.05) is 23.9 Å². The Hall–Kier alpha value is -1.83. The SMILES string of the molecule is CCOCCOCC[C@@H]([C@@H](O)C(=O)[C@@H]1C[C@H](C)CC[C@@H]1C(C)(C)c1ccccc1)[N+](=O)[O-]. The second-order valence-corrected chi connectivity index (χ2v) is 9.52. The van der Waals surface area contributed by atoms with Crippen molar-refractivity contribution in [2.24, 2.45) is 17.8 Å². The number of carbonyl (C=O) groups excluding carboxylic acids is 1. The molecule has 1 aromatic carbocycles. The summed E-state index contributed by atoms with van der Waals surface area (Å²) in [6.07, 6.45) is 0.862. The van der Waals surface area contributed by atoms with Gasteiger partial charge in [-0.25, -0.2) is 0 Å². The van der Waals surface area contributed by atoms with Crippen LogP contribution in [0.1, 0.15) is 58.9 Å². The molecule has 0 saturated heterocycles. The molecule has 0 amide bonds. The number of rotatable bonds is 13. The van der Waals surface area contributed by atoms with Gasteiger partial charge in [-0.2, -0.15) is 0 Å². The standard InChI is InChI=1S/C25H39NO6/c1-5-31-15-16-32-14-13-22(26(29)30)24(28)23(27)20-17-18(2)11-12-21(20)25(3,4)19-9-7-6-8-10-19/h6-10,18,20-22,24,28H,5,11-17H2,1-4H3/t18-,20-,21+,22+,24-/m1/s1. The Balaban J connectivity index is 2.13. The third-order valence-electron chi connectivity index (χ3n) is 6.98. The van der Waals surface area contributed by atoms with E-state index in [2.05, 4.69) is 32.9 Å². The van der Waals surface area contributed by atoms with Crippen LogP contribution in [0.15, 0.2) is 30.3 Å². The Bertz CT molecular complexity index is 722. The topological polar surface area (TPSA) is 98.9 Å². The van der Waals surface area contributed by atoms with E-state index >= 15 is 0 Å². The van der Waals surface area contributed by atoms with Crippen molar-refractivity contribution < 1.29 is 24.3 Å². The summed E-state index contributed by atoms with van der Waals surface area (Å²) < 4.78 is 10.6. The highest BCUT2D eigenvalue weighted by Crippen LogP contribution is 2.46. The van der Waals surface area contributed by atoms with Gasteiger partial charge in [-0.05, 0) is 42.6 Å². The van der Waals surface area contributed by atoms with Crippen molar-refractivity contribution in [2.75, 3.05) is 26.4 Å². The van der Waals surface area contributed by atoms with Crippen LogP contribution in [0.4, 0.5) is 0 Å². The fourth-order valence-corrected chi connectivity index (χ4v) is 5.00. The molecule has 1 aliphatic rings. The van der Waals surface area contributed by atoms with E-state index in [1.54, 1.807) is 0 Å². The zero-order chi connectivity index (χ0) is 23.7. The third kappa shape index (κ3) is 6.83. The number of nitrogens with zero attached hydrogens (tertiary/aromatic N) is 1. The Morgan fingerprint density at radius 1 is 1.19 bits per heavy atom. The molecule has 0 bridgehead atoms. The lowest BCUT2D eigenvalue weighted by molar-refractivity contribution is -0.532. The Morgan fingerprint density at radius 2 is 1.84 bits per heavy atom. The van der Waals surface area contributed by atoms with Gasteiger partial charge in [0.2, 0.25) is 6.04 Å². The fraction of sp³-hybridized carbons (Fsp3) is 0.720. The van der Waals surface area contributed by atoms with Crippen LogP contribution in [-0.4, -0.2) is 54.4 Å². The number of Topliss-reactive ketones (excluding diaryl/α,β-unsaturated/α-hetero) is 1. The summed E-state index contributed by atoms with van der Waals surface area (Å²) in [6, 6.07) is 8.70. The smallest absolute Gasteiger partial charge is 0.247 e. The van der Waals surface area contributed by atoms with Crippen molar-refractivity contribution in [3.8, 4) is 0 Å². The molecule has 1 N–H and O–H groups in total. The summed E-state index contributed by atoms with van der Waals surface area (Å²) in [5.41, 5.74) is 0.855. The number of hydrogen-bond donors (Lipinski definition) is 1. The molecule has 1 saturated carbocycles. The Morgan fingerprint density at radius 3 is 2.47 bits per heavy atom. The van der Waals surface area contributed by atoms with Gasteiger partial charge in [-0.3, -0.25) is 14.9 Å². The number of carbonyl (C=O) groups is 1. The largest absolute Gasteiger partial charge is 0.379 e. The number of ether oxygens (including phenoxy) is 2. The number of nitro groups is 1. The lowest BCUT2D eigenvalue weighted by Gasteiger charge is -2.44. The average Bonchev–Trinajstić information content (AvgIpc) is 2.77. The van der Waals surface area contributed by atoms with Gasteiger partial charge in [0.15, 0.2) is 11.9 Å². The second kappa shape index (κ2) is 12.4. The third-order valence-corrected chi connectivity index (χ3v) is 6.98. The average molecular weight is 450 g/mol. The minimum absolute atomic E-state index is 0.0121. The molecule has 0 spiro atoms. The van der Waals surface area contributed by atoms with E-state index in [1.165, 1.54) is 0 Å². The molecule has 5 atom stereocenters. The van der Waals surface area contributed by atoms with Crippen molar-refractivity contribution in [1.82, 2.24) is 0 Å². The summed E-state index contributed by atoms with van der Waals surface area (Å²) in [5.74, 6) is -0.458. The zero-order valence-electron chi connectivity index (χ0n) is 19.9. The maximum Gasteiger partial charge on any atom is 0.247 e. The van der Waals surface area contributed by atoms with Crippen LogP contribution < -0.4 is 0 Å². The van der Waals surface area contributed by atoms with Gasteiger partial charge in [-0.15, -0.1) is 0 Å². The van der Waals surface area contributed by atoms with Gasteiger partial charge in [0.05, 0.1) is 19.8 Å². The van der Waals surface area contributed by atoms with Crippen LogP contribution in [0.25, 0.3) is 0 Å². The molecule has 0 aliphatic heterocycles. The number of aliphatic hydroxyl groups excluding tert-OH is 1. The maximum atomic E-state index is 13.4. The molecule has 0 heterocycles. The van der Waals surface area contributed by atoms with Crippen molar-refractivity contribution in [3.05, 3.63) is 46.0 Å². The second-order valence-electron chi connectivity index (χ2n) is 9.52. The number of aliphatic hydroxyl groups is 1. The molecule has 7 heteroatoms. The van der Waals surface area contributed by atoms with E-state index in [4.69, 9.17) is 9.47 Å². The summed E-state index contributed by atoms with van der Waals surface area (Å²) >= 11 is 0. The number of benzene rings is 1. The van der Waals surface area contributed by atoms with E-state index < -0.39 is 28.8 Å². The summed E-state index contributed by atoms with van der Waals surface area (Å²) in [7, 11) is 0. The zero-order valence-corrected chi connectivity index (χ0v) is 19.9. The van der Waals surface area contributed by atoms with Crippen LogP contribution >= 0.6 is 0 Å². The lowest BCUT2D eigenvalue weighted by Crippen LogP contribution is -2.49. The summed E-state index contributed by atoms with van der Waals surface area (Å²) in [5, 5.41) is 22.5. The molecule has 7 nitrogen and oxygen atoms in total. The van der Waals surface area contributed by atoms with E-state index in [0.717, 1.165) is 18.4 Å². The van der Waals surface area contributed by atoms with E-state index in [-0.39, 0.29) is 24.4 Å². The predicted molar refractivity (Wildman–Crippen MR) is 123 cm³/mol. The van der Waals surface area contributed by atoms with Crippen molar-refractivity contribution in [3.63, 3.8) is 0 Å². The fourth-order valence-electron chi connectivity index (χ4n) is 5.00. The van der Waals surface area contributed by atoms with Gasteiger partial charge in [0.1, 0.15) is 0 Å². The number of ketones is 1.